The Balaban J connectivity index is 1.84. The molecule has 1 aliphatic rings. The lowest BCUT2D eigenvalue weighted by atomic mass is 10.1. The molecule has 1 unspecified atom stereocenters. The standard InChI is InChI=1S/C16H26ClN5O2S/c1-2-19-16(20-9-12(23)13-3-4-14(17)25-13)21-11-5-7-22(8-6-11)10-15(18)24/h3-4,11-12,23H,2,5-10H2,1H3,(H2,18,24)(H2,19,20,21). The maximum Gasteiger partial charge on any atom is 0.231 e. The quantitative estimate of drug-likeness (QED) is 0.412. The summed E-state index contributed by atoms with van der Waals surface area (Å²) in [4.78, 5) is 18.3. The minimum atomic E-state index is -0.662. The maximum absolute atomic E-state index is 11.0. The number of halogens is 1. The number of piperidine rings is 1. The third-order valence-electron chi connectivity index (χ3n) is 4.00. The van der Waals surface area contributed by atoms with Gasteiger partial charge in [-0.3, -0.25) is 14.7 Å². The number of hydrogen-bond acceptors (Lipinski definition) is 5. The van der Waals surface area contributed by atoms with Crippen molar-refractivity contribution in [3.05, 3.63) is 21.3 Å². The summed E-state index contributed by atoms with van der Waals surface area (Å²) in [5.41, 5.74) is 5.24. The summed E-state index contributed by atoms with van der Waals surface area (Å²) < 4.78 is 0.658. The van der Waals surface area contributed by atoms with Gasteiger partial charge in [-0.15, -0.1) is 11.3 Å². The number of rotatable bonds is 7. The highest BCUT2D eigenvalue weighted by Gasteiger charge is 2.21. The van der Waals surface area contributed by atoms with Gasteiger partial charge in [0.05, 0.1) is 17.4 Å². The Morgan fingerprint density at radius 1 is 1.52 bits per heavy atom. The molecule has 25 heavy (non-hydrogen) atoms. The van der Waals surface area contributed by atoms with Gasteiger partial charge < -0.3 is 21.5 Å². The van der Waals surface area contributed by atoms with Crippen LogP contribution in [0.15, 0.2) is 17.1 Å². The predicted molar refractivity (Wildman–Crippen MR) is 102 cm³/mol. The fourth-order valence-corrected chi connectivity index (χ4v) is 3.78. The zero-order valence-electron chi connectivity index (χ0n) is 14.4. The number of carbonyl (C=O) groups excluding carboxylic acids is 1. The number of nitrogens with one attached hydrogen (secondary N) is 2. The Morgan fingerprint density at radius 2 is 2.24 bits per heavy atom. The second-order valence-electron chi connectivity index (χ2n) is 6.04. The molecule has 5 N–H and O–H groups in total. The Morgan fingerprint density at radius 3 is 2.80 bits per heavy atom. The predicted octanol–water partition coefficient (Wildman–Crippen LogP) is 0.940. The summed E-state index contributed by atoms with van der Waals surface area (Å²) in [7, 11) is 0. The molecule has 0 spiro atoms. The number of primary amides is 1. The van der Waals surface area contributed by atoms with E-state index in [2.05, 4.69) is 20.5 Å². The molecule has 0 aliphatic carbocycles. The first-order valence-electron chi connectivity index (χ1n) is 8.46. The van der Waals surface area contributed by atoms with Crippen molar-refractivity contribution in [1.82, 2.24) is 15.5 Å². The van der Waals surface area contributed by atoms with Crippen molar-refractivity contribution in [3.63, 3.8) is 0 Å². The van der Waals surface area contributed by atoms with Crippen LogP contribution in [0.1, 0.15) is 30.7 Å². The van der Waals surface area contributed by atoms with Crippen LogP contribution in [-0.2, 0) is 4.79 Å². The number of nitrogens with two attached hydrogens (primary N) is 1. The van der Waals surface area contributed by atoms with E-state index in [-0.39, 0.29) is 18.5 Å². The van der Waals surface area contributed by atoms with Gasteiger partial charge in [0.25, 0.3) is 0 Å². The molecule has 7 nitrogen and oxygen atoms in total. The highest BCUT2D eigenvalue weighted by atomic mass is 35.5. The molecule has 1 fully saturated rings. The van der Waals surface area contributed by atoms with E-state index in [4.69, 9.17) is 17.3 Å². The number of aliphatic hydroxyl groups excluding tert-OH is 1. The molecule has 140 valence electrons. The van der Waals surface area contributed by atoms with Crippen molar-refractivity contribution < 1.29 is 9.90 Å². The fourth-order valence-electron chi connectivity index (χ4n) is 2.74. The monoisotopic (exact) mass is 387 g/mol. The van der Waals surface area contributed by atoms with Crippen molar-refractivity contribution in [2.24, 2.45) is 10.7 Å². The summed E-state index contributed by atoms with van der Waals surface area (Å²) >= 11 is 7.27. The SMILES string of the molecule is CCNC(=NCC(O)c1ccc(Cl)s1)NC1CCN(CC(N)=O)CC1. The molecule has 0 radical (unpaired) electrons. The van der Waals surface area contributed by atoms with Gasteiger partial charge in [0.2, 0.25) is 5.91 Å². The number of guanidine groups is 1. The van der Waals surface area contributed by atoms with E-state index in [0.717, 1.165) is 37.4 Å². The third-order valence-corrected chi connectivity index (χ3v) is 5.33. The second kappa shape index (κ2) is 9.96. The van der Waals surface area contributed by atoms with E-state index >= 15 is 0 Å². The number of nitrogens with zero attached hydrogens (tertiary/aromatic N) is 2. The van der Waals surface area contributed by atoms with E-state index in [1.54, 1.807) is 6.07 Å². The molecule has 1 aliphatic heterocycles. The van der Waals surface area contributed by atoms with Crippen molar-refractivity contribution in [3.8, 4) is 0 Å². The number of likely N-dealkylation sites (tertiary alicyclic amines) is 1. The lowest BCUT2D eigenvalue weighted by Crippen LogP contribution is -2.49. The maximum atomic E-state index is 11.0. The minimum absolute atomic E-state index is 0.271. The third kappa shape index (κ3) is 6.81. The summed E-state index contributed by atoms with van der Waals surface area (Å²) in [6.45, 7) is 4.99. The van der Waals surface area contributed by atoms with E-state index in [9.17, 15) is 9.90 Å². The van der Waals surface area contributed by atoms with Crippen LogP contribution in [0, 0.1) is 0 Å². The van der Waals surface area contributed by atoms with Gasteiger partial charge in [0, 0.05) is 30.6 Å². The summed E-state index contributed by atoms with van der Waals surface area (Å²) in [5, 5.41) is 16.8. The van der Waals surface area contributed by atoms with Crippen LogP contribution in [0.3, 0.4) is 0 Å². The van der Waals surface area contributed by atoms with Gasteiger partial charge in [0.15, 0.2) is 5.96 Å². The van der Waals surface area contributed by atoms with Crippen molar-refractivity contribution in [1.29, 1.82) is 0 Å². The second-order valence-corrected chi connectivity index (χ2v) is 7.79. The van der Waals surface area contributed by atoms with E-state index < -0.39 is 6.10 Å². The first kappa shape index (κ1) is 20.0. The fraction of sp³-hybridized carbons (Fsp3) is 0.625. The average molecular weight is 388 g/mol. The van der Waals surface area contributed by atoms with E-state index in [0.29, 0.717) is 16.8 Å². The molecule has 2 rings (SSSR count). The summed E-state index contributed by atoms with van der Waals surface area (Å²) in [5.74, 6) is 0.404. The molecular weight excluding hydrogens is 362 g/mol. The minimum Gasteiger partial charge on any atom is -0.386 e. The van der Waals surface area contributed by atoms with Gasteiger partial charge >= 0.3 is 0 Å². The number of aliphatic imine (C=N–C) groups is 1. The molecule has 0 saturated carbocycles. The van der Waals surface area contributed by atoms with Crippen LogP contribution in [0.25, 0.3) is 0 Å². The van der Waals surface area contributed by atoms with Gasteiger partial charge in [-0.05, 0) is 31.9 Å². The van der Waals surface area contributed by atoms with Crippen LogP contribution in [0.2, 0.25) is 4.34 Å². The lowest BCUT2D eigenvalue weighted by molar-refractivity contribution is -0.119. The highest BCUT2D eigenvalue weighted by molar-refractivity contribution is 7.16. The van der Waals surface area contributed by atoms with E-state index in [1.165, 1.54) is 11.3 Å². The van der Waals surface area contributed by atoms with Crippen LogP contribution >= 0.6 is 22.9 Å². The normalized spacial score (nSPS) is 18.1. The lowest BCUT2D eigenvalue weighted by Gasteiger charge is -2.32. The van der Waals surface area contributed by atoms with Crippen LogP contribution in [0.4, 0.5) is 0 Å². The topological polar surface area (TPSA) is 103 Å². The summed E-state index contributed by atoms with van der Waals surface area (Å²) in [6.07, 6.45) is 1.17. The average Bonchev–Trinajstić information content (AvgIpc) is 3.00. The molecule has 9 heteroatoms. The number of amides is 1. The summed E-state index contributed by atoms with van der Waals surface area (Å²) in [6, 6.07) is 3.88. The first-order chi connectivity index (χ1) is 12.0. The number of hydrogen-bond donors (Lipinski definition) is 4. The number of carbonyl (C=O) groups is 1. The van der Waals surface area contributed by atoms with E-state index in [1.807, 2.05) is 13.0 Å². The van der Waals surface area contributed by atoms with Crippen molar-refractivity contribution in [2.75, 3.05) is 32.7 Å². The van der Waals surface area contributed by atoms with Crippen LogP contribution < -0.4 is 16.4 Å². The molecular formula is C16H26ClN5O2S. The zero-order valence-corrected chi connectivity index (χ0v) is 15.9. The smallest absolute Gasteiger partial charge is 0.231 e. The number of thiophene rings is 1. The molecule has 2 heterocycles. The van der Waals surface area contributed by atoms with Gasteiger partial charge in [0.1, 0.15) is 6.10 Å². The Bertz CT molecular complexity index is 587. The van der Waals surface area contributed by atoms with Crippen molar-refractivity contribution >= 4 is 34.8 Å². The van der Waals surface area contributed by atoms with Gasteiger partial charge in [-0.25, -0.2) is 0 Å². The molecule has 1 atom stereocenters. The van der Waals surface area contributed by atoms with Gasteiger partial charge in [-0.1, -0.05) is 11.6 Å². The zero-order chi connectivity index (χ0) is 18.2. The largest absolute Gasteiger partial charge is 0.386 e. The van der Waals surface area contributed by atoms with Crippen LogP contribution in [-0.4, -0.2) is 60.6 Å². The first-order valence-corrected chi connectivity index (χ1v) is 9.66. The van der Waals surface area contributed by atoms with Crippen molar-refractivity contribution in [2.45, 2.75) is 31.9 Å². The Labute approximate surface area is 157 Å². The number of aliphatic hydroxyl groups is 1. The van der Waals surface area contributed by atoms with Gasteiger partial charge in [-0.2, -0.15) is 0 Å². The molecule has 1 aromatic heterocycles. The Kier molecular flexibility index (Phi) is 7.95. The molecule has 1 aromatic rings. The van der Waals surface area contributed by atoms with Crippen LogP contribution in [0.5, 0.6) is 0 Å². The molecule has 1 amide bonds. The molecule has 0 aromatic carbocycles. The molecule has 1 saturated heterocycles. The highest BCUT2D eigenvalue weighted by Crippen LogP contribution is 2.26. The molecule has 0 bridgehead atoms. The Hall–Kier alpha value is -1.35.